The molecule has 0 saturated carbocycles. The van der Waals surface area contributed by atoms with Crippen LogP contribution in [0.25, 0.3) is 0 Å². The van der Waals surface area contributed by atoms with Gasteiger partial charge < -0.3 is 0 Å². The molecule has 1 aromatic carbocycles. The molecule has 5 heteroatoms. The van der Waals surface area contributed by atoms with Crippen LogP contribution in [0.1, 0.15) is 18.5 Å². The zero-order chi connectivity index (χ0) is 11.6. The Morgan fingerprint density at radius 1 is 1.53 bits per heavy atom. The third kappa shape index (κ3) is 2.42. The first-order valence-corrected chi connectivity index (χ1v) is 5.03. The maximum absolute atomic E-state index is 13.2. The first-order valence-electron chi connectivity index (χ1n) is 4.24. The van der Waals surface area contributed by atoms with E-state index in [-0.39, 0.29) is 4.47 Å². The molecule has 2 nitrogen and oxygen atoms in total. The van der Waals surface area contributed by atoms with Gasteiger partial charge in [-0.25, -0.2) is 14.2 Å². The Kier molecular flexibility index (Phi) is 3.96. The molecule has 0 aliphatic heterocycles. The molecule has 0 aliphatic rings. The molecule has 0 radical (unpaired) electrons. The molecule has 82 valence electrons. The van der Waals surface area contributed by atoms with E-state index in [9.17, 15) is 8.78 Å². The average molecular weight is 277 g/mol. The molecule has 1 aromatic rings. The Morgan fingerprint density at radius 2 is 2.13 bits per heavy atom. The molecule has 1 rings (SSSR count). The molecular formula is C10H11BrF2N2. The van der Waals surface area contributed by atoms with Crippen molar-refractivity contribution in [1.29, 1.82) is 0 Å². The summed E-state index contributed by atoms with van der Waals surface area (Å²) < 4.78 is 26.1. The SMILES string of the molecule is C=C(C)C(NN)c1ccc(F)c(F)c1Br. The van der Waals surface area contributed by atoms with Crippen molar-refractivity contribution >= 4 is 15.9 Å². The number of hydrazine groups is 1. The van der Waals surface area contributed by atoms with Gasteiger partial charge in [0, 0.05) is 0 Å². The molecule has 0 fully saturated rings. The Balaban J connectivity index is 3.25. The van der Waals surface area contributed by atoms with E-state index >= 15 is 0 Å². The Bertz CT molecular complexity index is 393. The van der Waals surface area contributed by atoms with Gasteiger partial charge in [-0.15, -0.1) is 0 Å². The molecule has 15 heavy (non-hydrogen) atoms. The van der Waals surface area contributed by atoms with E-state index < -0.39 is 17.7 Å². The fourth-order valence-corrected chi connectivity index (χ4v) is 1.81. The first kappa shape index (κ1) is 12.3. The summed E-state index contributed by atoms with van der Waals surface area (Å²) in [4.78, 5) is 0. The van der Waals surface area contributed by atoms with Crippen molar-refractivity contribution in [2.45, 2.75) is 13.0 Å². The number of nitrogens with two attached hydrogens (primary N) is 1. The van der Waals surface area contributed by atoms with E-state index in [1.165, 1.54) is 6.07 Å². The smallest absolute Gasteiger partial charge is 0.173 e. The second-order valence-electron chi connectivity index (χ2n) is 3.21. The van der Waals surface area contributed by atoms with Crippen molar-refractivity contribution in [1.82, 2.24) is 5.43 Å². The maximum Gasteiger partial charge on any atom is 0.173 e. The minimum Gasteiger partial charge on any atom is -0.271 e. The topological polar surface area (TPSA) is 38.0 Å². The maximum atomic E-state index is 13.2. The number of nitrogens with one attached hydrogen (secondary N) is 1. The molecule has 1 atom stereocenters. The molecular weight excluding hydrogens is 266 g/mol. The summed E-state index contributed by atoms with van der Waals surface area (Å²) in [7, 11) is 0. The lowest BCUT2D eigenvalue weighted by atomic mass is 10.0. The fraction of sp³-hybridized carbons (Fsp3) is 0.200. The first-order chi connectivity index (χ1) is 6.99. The number of hydrogen-bond acceptors (Lipinski definition) is 2. The minimum absolute atomic E-state index is 0.0634. The summed E-state index contributed by atoms with van der Waals surface area (Å²) in [6, 6.07) is 2.11. The highest BCUT2D eigenvalue weighted by Crippen LogP contribution is 2.30. The van der Waals surface area contributed by atoms with Crippen LogP contribution >= 0.6 is 15.9 Å². The van der Waals surface area contributed by atoms with Crippen molar-refractivity contribution in [2.24, 2.45) is 5.84 Å². The fourth-order valence-electron chi connectivity index (χ4n) is 1.26. The van der Waals surface area contributed by atoms with Gasteiger partial charge in [-0.2, -0.15) is 0 Å². The van der Waals surface area contributed by atoms with Crippen molar-refractivity contribution in [2.75, 3.05) is 0 Å². The van der Waals surface area contributed by atoms with Crippen LogP contribution in [-0.4, -0.2) is 0 Å². The zero-order valence-electron chi connectivity index (χ0n) is 8.15. The molecule has 0 bridgehead atoms. The van der Waals surface area contributed by atoms with Gasteiger partial charge in [0.25, 0.3) is 0 Å². The number of hydrogen-bond donors (Lipinski definition) is 2. The molecule has 0 spiro atoms. The molecule has 0 saturated heterocycles. The third-order valence-corrected chi connectivity index (χ3v) is 2.84. The van der Waals surface area contributed by atoms with Gasteiger partial charge in [-0.05, 0) is 34.5 Å². The summed E-state index contributed by atoms with van der Waals surface area (Å²) in [6.07, 6.45) is 0. The number of halogens is 3. The van der Waals surface area contributed by atoms with Crippen molar-refractivity contribution in [3.63, 3.8) is 0 Å². The van der Waals surface area contributed by atoms with Crippen LogP contribution in [0.4, 0.5) is 8.78 Å². The summed E-state index contributed by atoms with van der Waals surface area (Å²) in [5, 5.41) is 0. The zero-order valence-corrected chi connectivity index (χ0v) is 9.74. The van der Waals surface area contributed by atoms with E-state index in [0.29, 0.717) is 11.1 Å². The summed E-state index contributed by atoms with van der Waals surface area (Å²) >= 11 is 2.99. The van der Waals surface area contributed by atoms with Gasteiger partial charge in [0.05, 0.1) is 10.5 Å². The van der Waals surface area contributed by atoms with Gasteiger partial charge in [-0.3, -0.25) is 5.84 Å². The summed E-state index contributed by atoms with van der Waals surface area (Å²) in [6.45, 7) is 5.46. The molecule has 3 N–H and O–H groups in total. The largest absolute Gasteiger partial charge is 0.271 e. The number of benzene rings is 1. The highest BCUT2D eigenvalue weighted by Gasteiger charge is 2.18. The highest BCUT2D eigenvalue weighted by molar-refractivity contribution is 9.10. The Labute approximate surface area is 95.3 Å². The third-order valence-electron chi connectivity index (χ3n) is 2.04. The molecule has 0 heterocycles. The highest BCUT2D eigenvalue weighted by atomic mass is 79.9. The van der Waals surface area contributed by atoms with Crippen molar-refractivity contribution < 1.29 is 8.78 Å². The lowest BCUT2D eigenvalue weighted by molar-refractivity contribution is 0.498. The van der Waals surface area contributed by atoms with Crippen LogP contribution in [0.2, 0.25) is 0 Å². The predicted octanol–water partition coefficient (Wildman–Crippen LogP) is 2.81. The normalized spacial score (nSPS) is 12.6. The van der Waals surface area contributed by atoms with Crippen LogP contribution < -0.4 is 11.3 Å². The average Bonchev–Trinajstić information content (AvgIpc) is 2.18. The second kappa shape index (κ2) is 4.83. The van der Waals surface area contributed by atoms with Crippen molar-refractivity contribution in [3.8, 4) is 0 Å². The monoisotopic (exact) mass is 276 g/mol. The van der Waals surface area contributed by atoms with Gasteiger partial charge in [0.2, 0.25) is 0 Å². The Hall–Kier alpha value is -0.780. The predicted molar refractivity (Wildman–Crippen MR) is 58.9 cm³/mol. The van der Waals surface area contributed by atoms with Crippen LogP contribution in [0.5, 0.6) is 0 Å². The molecule has 1 unspecified atom stereocenters. The van der Waals surface area contributed by atoms with E-state index in [2.05, 4.69) is 27.9 Å². The standard InChI is InChI=1S/C10H11BrF2N2/c1-5(2)10(15-14)6-3-4-7(12)9(13)8(6)11/h3-4,10,15H,1,14H2,2H3. The Morgan fingerprint density at radius 3 is 2.60 bits per heavy atom. The second-order valence-corrected chi connectivity index (χ2v) is 4.00. The van der Waals surface area contributed by atoms with E-state index in [4.69, 9.17) is 5.84 Å². The summed E-state index contributed by atoms with van der Waals surface area (Å²) in [5.74, 6) is 3.49. The van der Waals surface area contributed by atoms with Gasteiger partial charge >= 0.3 is 0 Å². The van der Waals surface area contributed by atoms with Crippen LogP contribution in [0.15, 0.2) is 28.8 Å². The van der Waals surface area contributed by atoms with E-state index in [0.717, 1.165) is 6.07 Å². The van der Waals surface area contributed by atoms with E-state index in [1.54, 1.807) is 6.92 Å². The van der Waals surface area contributed by atoms with E-state index in [1.807, 2.05) is 0 Å². The molecule has 0 aromatic heterocycles. The summed E-state index contributed by atoms with van der Waals surface area (Å²) in [5.41, 5.74) is 3.72. The van der Waals surface area contributed by atoms with Crippen LogP contribution in [0, 0.1) is 11.6 Å². The van der Waals surface area contributed by atoms with Gasteiger partial charge in [-0.1, -0.05) is 18.2 Å². The van der Waals surface area contributed by atoms with Crippen molar-refractivity contribution in [3.05, 3.63) is 46.0 Å². The van der Waals surface area contributed by atoms with Crippen LogP contribution in [-0.2, 0) is 0 Å². The quantitative estimate of drug-likeness (QED) is 0.386. The van der Waals surface area contributed by atoms with Gasteiger partial charge in [0.1, 0.15) is 0 Å². The molecule has 0 amide bonds. The molecule has 0 aliphatic carbocycles. The van der Waals surface area contributed by atoms with Gasteiger partial charge in [0.15, 0.2) is 11.6 Å². The lowest BCUT2D eigenvalue weighted by Crippen LogP contribution is -2.29. The lowest BCUT2D eigenvalue weighted by Gasteiger charge is -2.18. The van der Waals surface area contributed by atoms with Crippen LogP contribution in [0.3, 0.4) is 0 Å². The number of rotatable bonds is 3. The minimum atomic E-state index is -0.922.